The Labute approximate surface area is 110 Å². The number of hydrazine groups is 1. The van der Waals surface area contributed by atoms with Crippen molar-refractivity contribution in [3.05, 3.63) is 34.8 Å². The van der Waals surface area contributed by atoms with Gasteiger partial charge >= 0.3 is 0 Å². The summed E-state index contributed by atoms with van der Waals surface area (Å²) in [5.41, 5.74) is 5.89. The molecule has 0 saturated carbocycles. The third kappa shape index (κ3) is 2.71. The van der Waals surface area contributed by atoms with Gasteiger partial charge in [-0.25, -0.2) is 10.8 Å². The van der Waals surface area contributed by atoms with E-state index < -0.39 is 0 Å². The topological polar surface area (TPSA) is 109 Å². The average Bonchev–Trinajstić information content (AvgIpc) is 2.69. The SMILES string of the molecule is Cc1cc(C(=O)Nc2c(C)n[nH]c2C)cc(NN)n1. The first kappa shape index (κ1) is 13.0. The molecule has 0 spiro atoms. The molecule has 0 saturated heterocycles. The summed E-state index contributed by atoms with van der Waals surface area (Å²) >= 11 is 0. The molecule has 100 valence electrons. The fraction of sp³-hybridized carbons (Fsp3) is 0.250. The van der Waals surface area contributed by atoms with Crippen LogP contribution >= 0.6 is 0 Å². The largest absolute Gasteiger partial charge is 0.319 e. The molecule has 2 aromatic rings. The number of nitrogen functional groups attached to an aromatic ring is 1. The Morgan fingerprint density at radius 2 is 2.05 bits per heavy atom. The van der Waals surface area contributed by atoms with Crippen LogP contribution in [0.5, 0.6) is 0 Å². The maximum atomic E-state index is 12.2. The molecule has 2 heterocycles. The highest BCUT2D eigenvalue weighted by atomic mass is 16.1. The molecule has 0 fully saturated rings. The van der Waals surface area contributed by atoms with E-state index in [1.165, 1.54) is 0 Å². The van der Waals surface area contributed by atoms with Crippen LogP contribution in [0.15, 0.2) is 12.1 Å². The molecule has 2 aromatic heterocycles. The highest BCUT2D eigenvalue weighted by molar-refractivity contribution is 6.05. The summed E-state index contributed by atoms with van der Waals surface area (Å²) in [6.45, 7) is 5.47. The smallest absolute Gasteiger partial charge is 0.255 e. The number of amides is 1. The first-order valence-corrected chi connectivity index (χ1v) is 5.79. The number of rotatable bonds is 3. The fourth-order valence-corrected chi connectivity index (χ4v) is 1.79. The Hall–Kier alpha value is -2.41. The van der Waals surface area contributed by atoms with Crippen molar-refractivity contribution < 1.29 is 4.79 Å². The average molecular weight is 260 g/mol. The minimum Gasteiger partial charge on any atom is -0.319 e. The van der Waals surface area contributed by atoms with Crippen molar-refractivity contribution in [2.24, 2.45) is 5.84 Å². The number of hydrogen-bond acceptors (Lipinski definition) is 5. The standard InChI is InChI=1S/C12H16N6O/c1-6-4-9(5-10(14-6)16-13)12(19)15-11-7(2)17-18-8(11)3/h4-5H,13H2,1-3H3,(H,14,16)(H,15,19)(H,17,18). The van der Waals surface area contributed by atoms with Crippen LogP contribution in [-0.2, 0) is 0 Å². The van der Waals surface area contributed by atoms with Crippen LogP contribution < -0.4 is 16.6 Å². The van der Waals surface area contributed by atoms with Gasteiger partial charge in [-0.15, -0.1) is 0 Å². The van der Waals surface area contributed by atoms with E-state index in [2.05, 4.69) is 25.9 Å². The summed E-state index contributed by atoms with van der Waals surface area (Å²) in [4.78, 5) is 16.3. The lowest BCUT2D eigenvalue weighted by Crippen LogP contribution is -2.15. The van der Waals surface area contributed by atoms with Crippen LogP contribution in [0.1, 0.15) is 27.4 Å². The monoisotopic (exact) mass is 260 g/mol. The Morgan fingerprint density at radius 3 is 2.63 bits per heavy atom. The lowest BCUT2D eigenvalue weighted by molar-refractivity contribution is 0.102. The lowest BCUT2D eigenvalue weighted by atomic mass is 10.2. The maximum Gasteiger partial charge on any atom is 0.255 e. The number of aromatic amines is 1. The number of nitrogens with two attached hydrogens (primary N) is 1. The molecule has 0 radical (unpaired) electrons. The summed E-state index contributed by atoms with van der Waals surface area (Å²) in [5, 5.41) is 9.67. The number of aromatic nitrogens is 3. The van der Waals surface area contributed by atoms with Crippen LogP contribution in [0.3, 0.4) is 0 Å². The second-order valence-electron chi connectivity index (χ2n) is 4.29. The Kier molecular flexibility index (Phi) is 3.48. The Morgan fingerprint density at radius 1 is 1.32 bits per heavy atom. The van der Waals surface area contributed by atoms with E-state index in [0.29, 0.717) is 22.8 Å². The van der Waals surface area contributed by atoms with Gasteiger partial charge in [0.1, 0.15) is 5.82 Å². The van der Waals surface area contributed by atoms with Crippen LogP contribution in [0.4, 0.5) is 11.5 Å². The van der Waals surface area contributed by atoms with Crippen LogP contribution in [0.2, 0.25) is 0 Å². The third-order valence-electron chi connectivity index (χ3n) is 2.73. The van der Waals surface area contributed by atoms with Gasteiger partial charge in [-0.05, 0) is 32.9 Å². The second kappa shape index (κ2) is 5.07. The van der Waals surface area contributed by atoms with E-state index in [4.69, 9.17) is 5.84 Å². The first-order chi connectivity index (χ1) is 9.01. The summed E-state index contributed by atoms with van der Waals surface area (Å²) in [6, 6.07) is 3.29. The number of aryl methyl sites for hydroxylation is 3. The molecule has 0 aliphatic heterocycles. The second-order valence-corrected chi connectivity index (χ2v) is 4.29. The van der Waals surface area contributed by atoms with Gasteiger partial charge in [0.2, 0.25) is 0 Å². The quantitative estimate of drug-likeness (QED) is 0.491. The van der Waals surface area contributed by atoms with Crippen molar-refractivity contribution in [1.29, 1.82) is 0 Å². The number of nitrogens with zero attached hydrogens (tertiary/aromatic N) is 2. The Balaban J connectivity index is 2.28. The molecular weight excluding hydrogens is 244 g/mol. The number of pyridine rings is 1. The highest BCUT2D eigenvalue weighted by Gasteiger charge is 2.13. The predicted molar refractivity (Wildman–Crippen MR) is 72.8 cm³/mol. The minimum atomic E-state index is -0.227. The van der Waals surface area contributed by atoms with Gasteiger partial charge in [0.25, 0.3) is 5.91 Å². The molecular formula is C12H16N6O. The van der Waals surface area contributed by atoms with Gasteiger partial charge in [-0.3, -0.25) is 9.89 Å². The van der Waals surface area contributed by atoms with E-state index in [1.54, 1.807) is 19.1 Å². The van der Waals surface area contributed by atoms with Crippen molar-refractivity contribution in [2.45, 2.75) is 20.8 Å². The minimum absolute atomic E-state index is 0.227. The highest BCUT2D eigenvalue weighted by Crippen LogP contribution is 2.18. The van der Waals surface area contributed by atoms with Gasteiger partial charge in [0, 0.05) is 11.3 Å². The molecule has 0 unspecified atom stereocenters. The normalized spacial score (nSPS) is 10.3. The zero-order valence-corrected chi connectivity index (χ0v) is 11.0. The number of carbonyl (C=O) groups excluding carboxylic acids is 1. The van der Waals surface area contributed by atoms with Gasteiger partial charge < -0.3 is 10.7 Å². The molecule has 0 aliphatic carbocycles. The molecule has 2 rings (SSSR count). The van der Waals surface area contributed by atoms with E-state index in [1.807, 2.05) is 13.8 Å². The molecule has 5 N–H and O–H groups in total. The number of carbonyl (C=O) groups is 1. The molecule has 19 heavy (non-hydrogen) atoms. The molecule has 1 amide bonds. The van der Waals surface area contributed by atoms with Crippen LogP contribution in [0.25, 0.3) is 0 Å². The Bertz CT molecular complexity index is 599. The molecule has 0 aliphatic rings. The van der Waals surface area contributed by atoms with E-state index in [0.717, 1.165) is 11.4 Å². The maximum absolute atomic E-state index is 12.2. The van der Waals surface area contributed by atoms with Gasteiger partial charge in [-0.2, -0.15) is 5.10 Å². The zero-order chi connectivity index (χ0) is 14.0. The third-order valence-corrected chi connectivity index (χ3v) is 2.73. The zero-order valence-electron chi connectivity index (χ0n) is 11.0. The number of anilines is 2. The molecule has 0 aromatic carbocycles. The van der Waals surface area contributed by atoms with Crippen molar-refractivity contribution in [3.8, 4) is 0 Å². The van der Waals surface area contributed by atoms with Crippen molar-refractivity contribution >= 4 is 17.4 Å². The first-order valence-electron chi connectivity index (χ1n) is 5.79. The molecule has 7 heteroatoms. The summed E-state index contributed by atoms with van der Waals surface area (Å²) in [6.07, 6.45) is 0. The van der Waals surface area contributed by atoms with E-state index >= 15 is 0 Å². The van der Waals surface area contributed by atoms with Crippen molar-refractivity contribution in [3.63, 3.8) is 0 Å². The van der Waals surface area contributed by atoms with Crippen molar-refractivity contribution in [2.75, 3.05) is 10.7 Å². The lowest BCUT2D eigenvalue weighted by Gasteiger charge is -2.08. The predicted octanol–water partition coefficient (Wildman–Crippen LogP) is 1.27. The summed E-state index contributed by atoms with van der Waals surface area (Å²) < 4.78 is 0. The summed E-state index contributed by atoms with van der Waals surface area (Å²) in [7, 11) is 0. The fourth-order valence-electron chi connectivity index (χ4n) is 1.79. The summed E-state index contributed by atoms with van der Waals surface area (Å²) in [5.74, 6) is 5.54. The van der Waals surface area contributed by atoms with Crippen LogP contribution in [0, 0.1) is 20.8 Å². The molecule has 0 atom stereocenters. The van der Waals surface area contributed by atoms with Gasteiger partial charge in [0.15, 0.2) is 0 Å². The number of hydrogen-bond donors (Lipinski definition) is 4. The van der Waals surface area contributed by atoms with Crippen LogP contribution in [-0.4, -0.2) is 21.1 Å². The van der Waals surface area contributed by atoms with Gasteiger partial charge in [0.05, 0.1) is 17.1 Å². The molecule has 0 bridgehead atoms. The number of nitrogens with one attached hydrogen (secondary N) is 3. The molecule has 7 nitrogen and oxygen atoms in total. The van der Waals surface area contributed by atoms with E-state index in [9.17, 15) is 4.79 Å². The van der Waals surface area contributed by atoms with Gasteiger partial charge in [-0.1, -0.05) is 0 Å². The van der Waals surface area contributed by atoms with Crippen molar-refractivity contribution in [1.82, 2.24) is 15.2 Å². The number of H-pyrrole nitrogens is 1. The van der Waals surface area contributed by atoms with E-state index in [-0.39, 0.29) is 5.91 Å².